The second-order valence-corrected chi connectivity index (χ2v) is 6.88. The summed E-state index contributed by atoms with van der Waals surface area (Å²) >= 11 is 0. The lowest BCUT2D eigenvalue weighted by atomic mass is 10.0. The third-order valence-corrected chi connectivity index (χ3v) is 4.76. The molecule has 1 aliphatic carbocycles. The maximum atomic E-state index is 3.74. The van der Waals surface area contributed by atoms with Crippen molar-refractivity contribution in [3.63, 3.8) is 0 Å². The molecule has 2 heteroatoms. The smallest absolute Gasteiger partial charge is 0.0234 e. The van der Waals surface area contributed by atoms with E-state index in [9.17, 15) is 0 Å². The Hall–Kier alpha value is -0.860. The molecular formula is C18H28N2. The van der Waals surface area contributed by atoms with Gasteiger partial charge < -0.3 is 5.32 Å². The van der Waals surface area contributed by atoms with Gasteiger partial charge in [-0.3, -0.25) is 4.90 Å². The minimum absolute atomic E-state index is 0.630. The van der Waals surface area contributed by atoms with E-state index in [0.717, 1.165) is 18.5 Å². The first kappa shape index (κ1) is 14.1. The van der Waals surface area contributed by atoms with Gasteiger partial charge in [0.15, 0.2) is 0 Å². The first-order valence-electron chi connectivity index (χ1n) is 8.27. The summed E-state index contributed by atoms with van der Waals surface area (Å²) in [6, 6.07) is 9.98. The van der Waals surface area contributed by atoms with E-state index in [1.165, 1.54) is 50.0 Å². The Morgan fingerprint density at radius 2 is 1.95 bits per heavy atom. The molecule has 2 nitrogen and oxygen atoms in total. The summed E-state index contributed by atoms with van der Waals surface area (Å²) in [7, 11) is 0. The van der Waals surface area contributed by atoms with Crippen LogP contribution in [0.25, 0.3) is 0 Å². The number of nitrogens with zero attached hydrogens (tertiary/aromatic N) is 1. The maximum absolute atomic E-state index is 3.74. The van der Waals surface area contributed by atoms with Crippen molar-refractivity contribution in [2.75, 3.05) is 19.6 Å². The van der Waals surface area contributed by atoms with E-state index in [1.807, 2.05) is 0 Å². The quantitative estimate of drug-likeness (QED) is 0.904. The molecule has 1 aliphatic heterocycles. The second-order valence-electron chi connectivity index (χ2n) is 6.88. The SMILES string of the molecule is CC(C)c1ccc(CN2CCCNC(C3CC3)C2)cc1. The van der Waals surface area contributed by atoms with E-state index in [4.69, 9.17) is 0 Å². The van der Waals surface area contributed by atoms with Gasteiger partial charge in [0.1, 0.15) is 0 Å². The molecule has 1 unspecified atom stereocenters. The van der Waals surface area contributed by atoms with Crippen LogP contribution in [0.4, 0.5) is 0 Å². The van der Waals surface area contributed by atoms with E-state index in [0.29, 0.717) is 5.92 Å². The number of benzene rings is 1. The molecule has 0 aromatic heterocycles. The molecule has 0 spiro atoms. The monoisotopic (exact) mass is 272 g/mol. The van der Waals surface area contributed by atoms with E-state index in [2.05, 4.69) is 48.3 Å². The van der Waals surface area contributed by atoms with E-state index < -0.39 is 0 Å². The van der Waals surface area contributed by atoms with Crippen molar-refractivity contribution in [3.8, 4) is 0 Å². The van der Waals surface area contributed by atoms with Crippen LogP contribution in [0.2, 0.25) is 0 Å². The fraction of sp³-hybridized carbons (Fsp3) is 0.667. The molecule has 2 fully saturated rings. The van der Waals surface area contributed by atoms with Crippen LogP contribution in [0.15, 0.2) is 24.3 Å². The van der Waals surface area contributed by atoms with Crippen LogP contribution in [-0.2, 0) is 6.54 Å². The highest BCUT2D eigenvalue weighted by atomic mass is 15.2. The molecule has 1 heterocycles. The predicted octanol–water partition coefficient (Wildman–Crippen LogP) is 3.38. The summed E-state index contributed by atoms with van der Waals surface area (Å²) in [6.07, 6.45) is 4.16. The van der Waals surface area contributed by atoms with Crippen molar-refractivity contribution >= 4 is 0 Å². The Bertz CT molecular complexity index is 420. The molecule has 2 aliphatic rings. The van der Waals surface area contributed by atoms with Crippen molar-refractivity contribution in [1.29, 1.82) is 0 Å². The Morgan fingerprint density at radius 1 is 1.20 bits per heavy atom. The topological polar surface area (TPSA) is 15.3 Å². The molecule has 1 saturated carbocycles. The lowest BCUT2D eigenvalue weighted by molar-refractivity contribution is 0.251. The number of hydrogen-bond donors (Lipinski definition) is 1. The third kappa shape index (κ3) is 3.62. The first-order valence-corrected chi connectivity index (χ1v) is 8.27. The van der Waals surface area contributed by atoms with E-state index >= 15 is 0 Å². The highest BCUT2D eigenvalue weighted by molar-refractivity contribution is 5.24. The highest BCUT2D eigenvalue weighted by Crippen LogP contribution is 2.33. The normalized spacial score (nSPS) is 24.9. The van der Waals surface area contributed by atoms with Gasteiger partial charge in [0.2, 0.25) is 0 Å². The van der Waals surface area contributed by atoms with Gasteiger partial charge in [0.25, 0.3) is 0 Å². The summed E-state index contributed by atoms with van der Waals surface area (Å²) in [5, 5.41) is 3.74. The van der Waals surface area contributed by atoms with Gasteiger partial charge in [0.05, 0.1) is 0 Å². The fourth-order valence-corrected chi connectivity index (χ4v) is 3.25. The summed E-state index contributed by atoms with van der Waals surface area (Å²) < 4.78 is 0. The van der Waals surface area contributed by atoms with E-state index in [-0.39, 0.29) is 0 Å². The Morgan fingerprint density at radius 3 is 2.60 bits per heavy atom. The molecule has 1 N–H and O–H groups in total. The summed E-state index contributed by atoms with van der Waals surface area (Å²) in [5.74, 6) is 1.59. The van der Waals surface area contributed by atoms with Gasteiger partial charge in [0, 0.05) is 19.1 Å². The molecular weight excluding hydrogens is 244 g/mol. The standard InChI is InChI=1S/C18H28N2/c1-14(2)16-6-4-15(5-7-16)12-20-11-3-10-19-18(13-20)17-8-9-17/h4-7,14,17-19H,3,8-13H2,1-2H3. The van der Waals surface area contributed by atoms with Crippen molar-refractivity contribution in [1.82, 2.24) is 10.2 Å². The third-order valence-electron chi connectivity index (χ3n) is 4.76. The molecule has 1 aromatic rings. The van der Waals surface area contributed by atoms with Crippen molar-refractivity contribution in [2.24, 2.45) is 5.92 Å². The largest absolute Gasteiger partial charge is 0.312 e. The maximum Gasteiger partial charge on any atom is 0.0234 e. The molecule has 0 amide bonds. The Labute approximate surface area is 123 Å². The first-order chi connectivity index (χ1) is 9.72. The molecule has 1 saturated heterocycles. The van der Waals surface area contributed by atoms with Gasteiger partial charge in [-0.2, -0.15) is 0 Å². The zero-order valence-electron chi connectivity index (χ0n) is 12.9. The fourth-order valence-electron chi connectivity index (χ4n) is 3.25. The minimum Gasteiger partial charge on any atom is -0.312 e. The molecule has 0 bridgehead atoms. The van der Waals surface area contributed by atoms with Crippen LogP contribution in [0.3, 0.4) is 0 Å². The lowest BCUT2D eigenvalue weighted by Gasteiger charge is -2.24. The minimum atomic E-state index is 0.630. The average molecular weight is 272 g/mol. The lowest BCUT2D eigenvalue weighted by Crippen LogP contribution is -2.38. The van der Waals surface area contributed by atoms with Crippen LogP contribution >= 0.6 is 0 Å². The highest BCUT2D eigenvalue weighted by Gasteiger charge is 2.32. The van der Waals surface area contributed by atoms with E-state index in [1.54, 1.807) is 0 Å². The number of hydrogen-bond acceptors (Lipinski definition) is 2. The van der Waals surface area contributed by atoms with Gasteiger partial charge in [-0.05, 0) is 55.3 Å². The Balaban J connectivity index is 1.60. The average Bonchev–Trinajstić information content (AvgIpc) is 3.26. The van der Waals surface area contributed by atoms with Crippen LogP contribution in [0.5, 0.6) is 0 Å². The van der Waals surface area contributed by atoms with Crippen LogP contribution in [0.1, 0.15) is 50.2 Å². The predicted molar refractivity (Wildman–Crippen MR) is 84.9 cm³/mol. The van der Waals surface area contributed by atoms with Gasteiger partial charge in [-0.25, -0.2) is 0 Å². The van der Waals surface area contributed by atoms with Gasteiger partial charge in [-0.15, -0.1) is 0 Å². The summed E-state index contributed by atoms with van der Waals surface area (Å²) in [4.78, 5) is 2.65. The molecule has 1 atom stereocenters. The number of nitrogens with one attached hydrogen (secondary N) is 1. The van der Waals surface area contributed by atoms with Crippen LogP contribution in [0, 0.1) is 5.92 Å². The zero-order chi connectivity index (χ0) is 13.9. The molecule has 0 radical (unpaired) electrons. The summed E-state index contributed by atoms with van der Waals surface area (Å²) in [6.45, 7) is 9.30. The molecule has 20 heavy (non-hydrogen) atoms. The van der Waals surface area contributed by atoms with Crippen LogP contribution in [-0.4, -0.2) is 30.6 Å². The second kappa shape index (κ2) is 6.28. The summed E-state index contributed by atoms with van der Waals surface area (Å²) in [5.41, 5.74) is 2.91. The van der Waals surface area contributed by atoms with Crippen LogP contribution < -0.4 is 5.32 Å². The van der Waals surface area contributed by atoms with Gasteiger partial charge in [-0.1, -0.05) is 38.1 Å². The van der Waals surface area contributed by atoms with Crippen molar-refractivity contribution in [3.05, 3.63) is 35.4 Å². The van der Waals surface area contributed by atoms with Crippen molar-refractivity contribution < 1.29 is 0 Å². The molecule has 110 valence electrons. The Kier molecular flexibility index (Phi) is 4.42. The van der Waals surface area contributed by atoms with Gasteiger partial charge >= 0.3 is 0 Å². The zero-order valence-corrected chi connectivity index (χ0v) is 12.9. The molecule has 3 rings (SSSR count). The molecule has 1 aromatic carbocycles. The number of rotatable bonds is 4. The van der Waals surface area contributed by atoms with Crippen molar-refractivity contribution in [2.45, 2.75) is 51.6 Å².